The average molecular weight is 165 g/mol. The quantitative estimate of drug-likeness (QED) is 0.488. The van der Waals surface area contributed by atoms with Crippen molar-refractivity contribution in [2.75, 3.05) is 0 Å². The molecule has 68 valence electrons. The molecular formula is C11H19N. The Morgan fingerprint density at radius 2 is 1.75 bits per heavy atom. The van der Waals surface area contributed by atoms with Crippen molar-refractivity contribution in [3.05, 3.63) is 22.8 Å². The molecular weight excluding hydrogens is 146 g/mol. The molecule has 1 N–H and O–H groups in total. The van der Waals surface area contributed by atoms with Crippen LogP contribution in [-0.4, -0.2) is 6.21 Å². The Bertz CT molecular complexity index is 219. The van der Waals surface area contributed by atoms with E-state index in [1.54, 1.807) is 0 Å². The van der Waals surface area contributed by atoms with Crippen molar-refractivity contribution in [1.29, 1.82) is 5.41 Å². The second-order valence-electron chi connectivity index (χ2n) is 3.37. The SMILES string of the molecule is C/C=C(C)\C(=C(\C)C=N)C(C)C. The number of allylic oxidation sites excluding steroid dienone is 4. The molecule has 0 unspecified atom stereocenters. The Hall–Kier alpha value is -0.850. The molecule has 0 heterocycles. The lowest BCUT2D eigenvalue weighted by Gasteiger charge is -2.13. The molecule has 0 aromatic rings. The minimum absolute atomic E-state index is 0.503. The maximum atomic E-state index is 7.19. The predicted molar refractivity (Wildman–Crippen MR) is 55.8 cm³/mol. The summed E-state index contributed by atoms with van der Waals surface area (Å²) < 4.78 is 0. The van der Waals surface area contributed by atoms with Crippen molar-refractivity contribution in [2.45, 2.75) is 34.6 Å². The molecule has 0 fully saturated rings. The maximum Gasteiger partial charge on any atom is 0.0209 e. The van der Waals surface area contributed by atoms with Crippen molar-refractivity contribution in [1.82, 2.24) is 0 Å². The molecule has 0 aromatic heterocycles. The van der Waals surface area contributed by atoms with Gasteiger partial charge < -0.3 is 5.41 Å². The van der Waals surface area contributed by atoms with Crippen LogP contribution in [0.5, 0.6) is 0 Å². The summed E-state index contributed by atoms with van der Waals surface area (Å²) in [6.07, 6.45) is 3.53. The molecule has 1 heteroatoms. The number of rotatable bonds is 3. The van der Waals surface area contributed by atoms with Crippen LogP contribution in [-0.2, 0) is 0 Å². The van der Waals surface area contributed by atoms with Crippen molar-refractivity contribution in [2.24, 2.45) is 5.92 Å². The molecule has 0 bridgehead atoms. The van der Waals surface area contributed by atoms with Gasteiger partial charge in [-0.2, -0.15) is 0 Å². The lowest BCUT2D eigenvalue weighted by atomic mass is 9.92. The van der Waals surface area contributed by atoms with E-state index >= 15 is 0 Å². The van der Waals surface area contributed by atoms with Gasteiger partial charge in [0.1, 0.15) is 0 Å². The second kappa shape index (κ2) is 4.91. The molecule has 0 spiro atoms. The van der Waals surface area contributed by atoms with Gasteiger partial charge in [-0.1, -0.05) is 25.5 Å². The van der Waals surface area contributed by atoms with Crippen molar-refractivity contribution >= 4 is 6.21 Å². The highest BCUT2D eigenvalue weighted by Gasteiger charge is 2.07. The summed E-state index contributed by atoms with van der Waals surface area (Å²) in [6.45, 7) is 10.5. The van der Waals surface area contributed by atoms with Crippen LogP contribution in [0.2, 0.25) is 0 Å². The van der Waals surface area contributed by atoms with Crippen LogP contribution in [0.25, 0.3) is 0 Å². The van der Waals surface area contributed by atoms with Gasteiger partial charge >= 0.3 is 0 Å². The third kappa shape index (κ3) is 2.65. The zero-order valence-corrected chi connectivity index (χ0v) is 8.73. The summed E-state index contributed by atoms with van der Waals surface area (Å²) in [6, 6.07) is 0. The highest BCUT2D eigenvalue weighted by Crippen LogP contribution is 2.21. The number of hydrogen-bond acceptors (Lipinski definition) is 1. The minimum atomic E-state index is 0.503. The molecule has 0 aliphatic carbocycles. The van der Waals surface area contributed by atoms with Gasteiger partial charge in [-0.05, 0) is 37.8 Å². The van der Waals surface area contributed by atoms with Crippen LogP contribution in [0.15, 0.2) is 22.8 Å². The van der Waals surface area contributed by atoms with Gasteiger partial charge in [0.15, 0.2) is 0 Å². The zero-order valence-electron chi connectivity index (χ0n) is 8.73. The molecule has 12 heavy (non-hydrogen) atoms. The van der Waals surface area contributed by atoms with Gasteiger partial charge in [-0.25, -0.2) is 0 Å². The lowest BCUT2D eigenvalue weighted by Crippen LogP contribution is -2.00. The van der Waals surface area contributed by atoms with E-state index in [0.717, 1.165) is 5.57 Å². The Balaban J connectivity index is 5.05. The molecule has 0 rings (SSSR count). The van der Waals surface area contributed by atoms with Gasteiger partial charge in [0, 0.05) is 6.21 Å². The maximum absolute atomic E-state index is 7.19. The highest BCUT2D eigenvalue weighted by molar-refractivity contribution is 5.77. The Kier molecular flexibility index (Phi) is 4.57. The smallest absolute Gasteiger partial charge is 0.0209 e. The first kappa shape index (κ1) is 11.2. The zero-order chi connectivity index (χ0) is 9.72. The minimum Gasteiger partial charge on any atom is -0.308 e. The first-order chi connectivity index (χ1) is 5.54. The van der Waals surface area contributed by atoms with Gasteiger partial charge in [-0.15, -0.1) is 0 Å². The van der Waals surface area contributed by atoms with Gasteiger partial charge in [0.05, 0.1) is 0 Å². The van der Waals surface area contributed by atoms with Crippen LogP contribution in [0.3, 0.4) is 0 Å². The number of nitrogens with one attached hydrogen (secondary N) is 1. The summed E-state index contributed by atoms with van der Waals surface area (Å²) in [7, 11) is 0. The van der Waals surface area contributed by atoms with E-state index in [2.05, 4.69) is 26.8 Å². The largest absolute Gasteiger partial charge is 0.308 e. The fourth-order valence-corrected chi connectivity index (χ4v) is 1.45. The molecule has 0 amide bonds. The summed E-state index contributed by atoms with van der Waals surface area (Å²) in [5.74, 6) is 0.503. The molecule has 0 atom stereocenters. The monoisotopic (exact) mass is 165 g/mol. The molecule has 0 saturated heterocycles. The van der Waals surface area contributed by atoms with Gasteiger partial charge in [0.25, 0.3) is 0 Å². The van der Waals surface area contributed by atoms with Crippen molar-refractivity contribution < 1.29 is 0 Å². The highest BCUT2D eigenvalue weighted by atomic mass is 14.3. The summed E-state index contributed by atoms with van der Waals surface area (Å²) in [5.41, 5.74) is 3.65. The standard InChI is InChI=1S/C11H19N/c1-6-9(4)11(8(2)3)10(5)7-12/h6-8,12H,1-5H3/b9-6-,11-10-,12-7?. The average Bonchev–Trinajstić information content (AvgIpc) is 2.03. The number of hydrogen-bond donors (Lipinski definition) is 1. The topological polar surface area (TPSA) is 23.9 Å². The molecule has 0 aliphatic rings. The first-order valence-electron chi connectivity index (χ1n) is 4.39. The molecule has 0 radical (unpaired) electrons. The van der Waals surface area contributed by atoms with Gasteiger partial charge in [-0.3, -0.25) is 0 Å². The lowest BCUT2D eigenvalue weighted by molar-refractivity contribution is 0.771. The van der Waals surface area contributed by atoms with Crippen molar-refractivity contribution in [3.63, 3.8) is 0 Å². The van der Waals surface area contributed by atoms with E-state index in [1.807, 2.05) is 13.8 Å². The van der Waals surface area contributed by atoms with Crippen LogP contribution in [0, 0.1) is 11.3 Å². The molecule has 0 saturated carbocycles. The molecule has 0 aromatic carbocycles. The Morgan fingerprint density at radius 1 is 1.25 bits per heavy atom. The Morgan fingerprint density at radius 3 is 2.00 bits per heavy atom. The van der Waals surface area contributed by atoms with E-state index in [0.29, 0.717) is 5.92 Å². The fourth-order valence-electron chi connectivity index (χ4n) is 1.45. The van der Waals surface area contributed by atoms with Crippen LogP contribution >= 0.6 is 0 Å². The fraction of sp³-hybridized carbons (Fsp3) is 0.545. The van der Waals surface area contributed by atoms with E-state index in [-0.39, 0.29) is 0 Å². The van der Waals surface area contributed by atoms with E-state index in [9.17, 15) is 0 Å². The van der Waals surface area contributed by atoms with E-state index < -0.39 is 0 Å². The van der Waals surface area contributed by atoms with E-state index in [1.165, 1.54) is 17.4 Å². The third-order valence-corrected chi connectivity index (χ3v) is 2.08. The van der Waals surface area contributed by atoms with Gasteiger partial charge in [0.2, 0.25) is 0 Å². The predicted octanol–water partition coefficient (Wildman–Crippen LogP) is 3.57. The summed E-state index contributed by atoms with van der Waals surface area (Å²) in [5, 5.41) is 7.19. The van der Waals surface area contributed by atoms with Crippen LogP contribution in [0.4, 0.5) is 0 Å². The first-order valence-corrected chi connectivity index (χ1v) is 4.39. The molecule has 0 aliphatic heterocycles. The Labute approximate surface area is 75.7 Å². The molecule has 1 nitrogen and oxygen atoms in total. The second-order valence-corrected chi connectivity index (χ2v) is 3.37. The summed E-state index contributed by atoms with van der Waals surface area (Å²) in [4.78, 5) is 0. The van der Waals surface area contributed by atoms with Crippen LogP contribution in [0.1, 0.15) is 34.6 Å². The third-order valence-electron chi connectivity index (χ3n) is 2.08. The summed E-state index contributed by atoms with van der Waals surface area (Å²) >= 11 is 0. The van der Waals surface area contributed by atoms with Crippen molar-refractivity contribution in [3.8, 4) is 0 Å². The van der Waals surface area contributed by atoms with E-state index in [4.69, 9.17) is 5.41 Å². The normalized spacial score (nSPS) is 14.7. The van der Waals surface area contributed by atoms with Crippen LogP contribution < -0.4 is 0 Å².